The fourth-order valence-electron chi connectivity index (χ4n) is 1.95. The molecule has 0 aromatic heterocycles. The quantitative estimate of drug-likeness (QED) is 0.785. The Bertz CT molecular complexity index is 525. The second kappa shape index (κ2) is 6.23. The molecule has 0 bridgehead atoms. The van der Waals surface area contributed by atoms with Crippen molar-refractivity contribution >= 4 is 11.6 Å². The van der Waals surface area contributed by atoms with E-state index in [9.17, 15) is 5.26 Å². The van der Waals surface area contributed by atoms with Crippen LogP contribution in [0, 0.1) is 11.3 Å². The van der Waals surface area contributed by atoms with E-state index in [-0.39, 0.29) is 5.92 Å². The van der Waals surface area contributed by atoms with Crippen LogP contribution >= 0.6 is 11.6 Å². The van der Waals surface area contributed by atoms with Crippen LogP contribution in [0.4, 0.5) is 0 Å². The van der Waals surface area contributed by atoms with Crippen LogP contribution in [0.25, 0.3) is 0 Å². The van der Waals surface area contributed by atoms with Gasteiger partial charge in [0.05, 0.1) is 12.0 Å². The molecule has 1 atom stereocenters. The predicted octanol–water partition coefficient (Wildman–Crippen LogP) is 4.58. The average molecular weight is 256 g/mol. The fraction of sp³-hybridized carbons (Fsp3) is 0.188. The van der Waals surface area contributed by atoms with E-state index in [0.717, 1.165) is 23.4 Å². The highest BCUT2D eigenvalue weighted by Gasteiger charge is 2.09. The van der Waals surface area contributed by atoms with Gasteiger partial charge >= 0.3 is 0 Å². The van der Waals surface area contributed by atoms with Crippen molar-refractivity contribution in [2.45, 2.75) is 18.8 Å². The monoisotopic (exact) mass is 255 g/mol. The molecule has 2 aromatic carbocycles. The molecule has 0 N–H and O–H groups in total. The van der Waals surface area contributed by atoms with Gasteiger partial charge in [0, 0.05) is 5.02 Å². The van der Waals surface area contributed by atoms with Gasteiger partial charge in [-0.2, -0.15) is 5.26 Å². The summed E-state index contributed by atoms with van der Waals surface area (Å²) in [5, 5.41) is 9.98. The summed E-state index contributed by atoms with van der Waals surface area (Å²) in [5.41, 5.74) is 2.31. The molecule has 90 valence electrons. The van der Waals surface area contributed by atoms with Crippen LogP contribution in [-0.4, -0.2) is 0 Å². The Morgan fingerprint density at radius 1 is 1.00 bits per heavy atom. The summed E-state index contributed by atoms with van der Waals surface area (Å²) in [6, 6.07) is 20.1. The Morgan fingerprint density at radius 2 is 1.67 bits per heavy atom. The summed E-state index contributed by atoms with van der Waals surface area (Å²) in [6.45, 7) is 0. The minimum Gasteiger partial charge on any atom is -0.198 e. The smallest absolute Gasteiger partial charge is 0.0715 e. The summed E-state index contributed by atoms with van der Waals surface area (Å²) in [7, 11) is 0. The van der Waals surface area contributed by atoms with Gasteiger partial charge < -0.3 is 0 Å². The van der Waals surface area contributed by atoms with Crippen LogP contribution < -0.4 is 0 Å². The molecule has 1 unspecified atom stereocenters. The first-order valence-corrected chi connectivity index (χ1v) is 6.36. The zero-order valence-electron chi connectivity index (χ0n) is 10.0. The Kier molecular flexibility index (Phi) is 4.39. The van der Waals surface area contributed by atoms with Gasteiger partial charge in [-0.1, -0.05) is 54.1 Å². The molecule has 1 nitrogen and oxygen atoms in total. The van der Waals surface area contributed by atoms with E-state index < -0.39 is 0 Å². The average Bonchev–Trinajstić information content (AvgIpc) is 2.43. The van der Waals surface area contributed by atoms with E-state index in [4.69, 9.17) is 11.6 Å². The van der Waals surface area contributed by atoms with E-state index in [1.807, 2.05) is 54.6 Å². The van der Waals surface area contributed by atoms with E-state index in [2.05, 4.69) is 6.07 Å². The SMILES string of the molecule is N#CC(CCc1ccc(Cl)cc1)c1ccccc1. The largest absolute Gasteiger partial charge is 0.198 e. The summed E-state index contributed by atoms with van der Waals surface area (Å²) in [6.07, 6.45) is 1.73. The van der Waals surface area contributed by atoms with Gasteiger partial charge in [-0.3, -0.25) is 0 Å². The highest BCUT2D eigenvalue weighted by Crippen LogP contribution is 2.21. The molecule has 0 amide bonds. The number of nitrogens with zero attached hydrogens (tertiary/aromatic N) is 1. The lowest BCUT2D eigenvalue weighted by Crippen LogP contribution is -1.98. The zero-order valence-corrected chi connectivity index (χ0v) is 10.8. The van der Waals surface area contributed by atoms with Crippen molar-refractivity contribution < 1.29 is 0 Å². The van der Waals surface area contributed by atoms with Crippen LogP contribution in [0.2, 0.25) is 5.02 Å². The van der Waals surface area contributed by atoms with Crippen molar-refractivity contribution in [2.24, 2.45) is 0 Å². The van der Waals surface area contributed by atoms with Crippen LogP contribution in [0.1, 0.15) is 23.5 Å². The predicted molar refractivity (Wildman–Crippen MR) is 74.6 cm³/mol. The minimum atomic E-state index is -0.0399. The zero-order chi connectivity index (χ0) is 12.8. The van der Waals surface area contributed by atoms with Gasteiger partial charge in [-0.15, -0.1) is 0 Å². The van der Waals surface area contributed by atoms with Gasteiger partial charge in [0.15, 0.2) is 0 Å². The lowest BCUT2D eigenvalue weighted by Gasteiger charge is -2.09. The highest BCUT2D eigenvalue weighted by molar-refractivity contribution is 6.30. The van der Waals surface area contributed by atoms with Crippen molar-refractivity contribution in [2.75, 3.05) is 0 Å². The number of hydrogen-bond acceptors (Lipinski definition) is 1. The Balaban J connectivity index is 2.00. The Morgan fingerprint density at radius 3 is 2.28 bits per heavy atom. The number of nitriles is 1. The highest BCUT2D eigenvalue weighted by atomic mass is 35.5. The molecule has 2 aromatic rings. The van der Waals surface area contributed by atoms with Crippen LogP contribution in [-0.2, 0) is 6.42 Å². The molecule has 18 heavy (non-hydrogen) atoms. The van der Waals surface area contributed by atoms with Crippen LogP contribution in [0.15, 0.2) is 54.6 Å². The molecule has 0 aliphatic rings. The molecule has 0 aliphatic heterocycles. The second-order valence-electron chi connectivity index (χ2n) is 4.26. The van der Waals surface area contributed by atoms with Crippen molar-refractivity contribution in [3.05, 3.63) is 70.7 Å². The Hall–Kier alpha value is -1.78. The maximum atomic E-state index is 9.23. The lowest BCUT2D eigenvalue weighted by atomic mass is 9.94. The maximum absolute atomic E-state index is 9.23. The standard InChI is InChI=1S/C16H14ClN/c17-16-10-7-13(8-11-16)6-9-15(12-18)14-4-2-1-3-5-14/h1-5,7-8,10-11,15H,6,9H2. The van der Waals surface area contributed by atoms with Crippen LogP contribution in [0.5, 0.6) is 0 Å². The van der Waals surface area contributed by atoms with Crippen molar-refractivity contribution in [3.8, 4) is 6.07 Å². The fourth-order valence-corrected chi connectivity index (χ4v) is 2.08. The first kappa shape index (κ1) is 12.7. The molecule has 2 heteroatoms. The molecule has 0 fully saturated rings. The second-order valence-corrected chi connectivity index (χ2v) is 4.69. The van der Waals surface area contributed by atoms with E-state index in [1.54, 1.807) is 0 Å². The third-order valence-electron chi connectivity index (χ3n) is 2.99. The van der Waals surface area contributed by atoms with E-state index in [1.165, 1.54) is 5.56 Å². The number of benzene rings is 2. The molecule has 0 saturated heterocycles. The van der Waals surface area contributed by atoms with Crippen molar-refractivity contribution in [3.63, 3.8) is 0 Å². The lowest BCUT2D eigenvalue weighted by molar-refractivity contribution is 0.746. The molecule has 0 heterocycles. The third-order valence-corrected chi connectivity index (χ3v) is 3.24. The molecule has 0 saturated carbocycles. The summed E-state index contributed by atoms with van der Waals surface area (Å²) >= 11 is 5.85. The van der Waals surface area contributed by atoms with E-state index >= 15 is 0 Å². The molecule has 0 aliphatic carbocycles. The van der Waals surface area contributed by atoms with Gasteiger partial charge in [-0.25, -0.2) is 0 Å². The van der Waals surface area contributed by atoms with E-state index in [0.29, 0.717) is 0 Å². The first-order chi connectivity index (χ1) is 8.79. The maximum Gasteiger partial charge on any atom is 0.0715 e. The number of aryl methyl sites for hydroxylation is 1. The number of rotatable bonds is 4. The van der Waals surface area contributed by atoms with Crippen molar-refractivity contribution in [1.29, 1.82) is 5.26 Å². The molecular formula is C16H14ClN. The number of halogens is 1. The van der Waals surface area contributed by atoms with Gasteiger partial charge in [0.1, 0.15) is 0 Å². The summed E-state index contributed by atoms with van der Waals surface area (Å²) < 4.78 is 0. The molecule has 0 spiro atoms. The van der Waals surface area contributed by atoms with Gasteiger partial charge in [0.25, 0.3) is 0 Å². The Labute approximate surface area is 113 Å². The first-order valence-electron chi connectivity index (χ1n) is 5.98. The van der Waals surface area contributed by atoms with Crippen LogP contribution in [0.3, 0.4) is 0 Å². The normalized spacial score (nSPS) is 11.8. The minimum absolute atomic E-state index is 0.0399. The van der Waals surface area contributed by atoms with Crippen molar-refractivity contribution in [1.82, 2.24) is 0 Å². The van der Waals surface area contributed by atoms with Gasteiger partial charge in [0.2, 0.25) is 0 Å². The molecular weight excluding hydrogens is 242 g/mol. The molecule has 2 rings (SSSR count). The third kappa shape index (κ3) is 3.35. The van der Waals surface area contributed by atoms with Gasteiger partial charge in [-0.05, 0) is 36.1 Å². The topological polar surface area (TPSA) is 23.8 Å². The summed E-state index contributed by atoms with van der Waals surface area (Å²) in [5.74, 6) is -0.0399. The number of hydrogen-bond donors (Lipinski definition) is 0. The summed E-state index contributed by atoms with van der Waals surface area (Å²) in [4.78, 5) is 0. The molecule has 0 radical (unpaired) electrons.